The lowest BCUT2D eigenvalue weighted by Gasteiger charge is -2.32. The van der Waals surface area contributed by atoms with E-state index in [0.29, 0.717) is 46.3 Å². The van der Waals surface area contributed by atoms with Crippen molar-refractivity contribution in [2.45, 2.75) is 13.5 Å². The number of hydrogen-bond acceptors (Lipinski definition) is 8. The van der Waals surface area contributed by atoms with Crippen molar-refractivity contribution in [2.24, 2.45) is 0 Å². The third kappa shape index (κ3) is 7.03. The quantitative estimate of drug-likeness (QED) is 0.347. The summed E-state index contributed by atoms with van der Waals surface area (Å²) in [5.41, 5.74) is 5.48. The average Bonchev–Trinajstić information content (AvgIpc) is 3.45. The number of nitrogens with one attached hydrogen (secondary N) is 2. The summed E-state index contributed by atoms with van der Waals surface area (Å²) in [5, 5.41) is 7.68. The Balaban J connectivity index is 1.23. The van der Waals surface area contributed by atoms with E-state index in [9.17, 15) is 9.18 Å². The molecule has 1 aliphatic heterocycles. The second-order valence-corrected chi connectivity index (χ2v) is 10.1. The molecular weight excluding hydrogens is 513 g/mol. The Labute approximate surface area is 230 Å². The van der Waals surface area contributed by atoms with Crippen LogP contribution in [0.5, 0.6) is 0 Å². The Hall–Kier alpha value is -4.17. The van der Waals surface area contributed by atoms with Gasteiger partial charge in [-0.25, -0.2) is 19.3 Å². The van der Waals surface area contributed by atoms with E-state index in [2.05, 4.69) is 54.3 Å². The Morgan fingerprint density at radius 1 is 1.05 bits per heavy atom. The van der Waals surface area contributed by atoms with Crippen LogP contribution in [-0.4, -0.2) is 63.9 Å². The highest BCUT2D eigenvalue weighted by Gasteiger charge is 2.16. The molecule has 1 fully saturated rings. The molecule has 5 rings (SSSR count). The van der Waals surface area contributed by atoms with Gasteiger partial charge in [-0.05, 0) is 43.8 Å². The lowest BCUT2D eigenvalue weighted by atomic mass is 10.0. The summed E-state index contributed by atoms with van der Waals surface area (Å²) in [5.74, 6) is 6.63. The van der Waals surface area contributed by atoms with Gasteiger partial charge in [0.1, 0.15) is 11.6 Å². The van der Waals surface area contributed by atoms with E-state index in [0.717, 1.165) is 31.7 Å². The number of halogens is 1. The fourth-order valence-electron chi connectivity index (χ4n) is 4.09. The summed E-state index contributed by atoms with van der Waals surface area (Å²) >= 11 is 1.48. The SMILES string of the molecule is Cc1ccc(C(=O)Nc2ccc(CN3CCN(C)CC3)c(F)c2)cc1C#Cc1cnc(Nc2cscn2)nc1. The number of likely N-dealkylation sites (N-methyl/N-ethyl adjacent to an activating group) is 1. The van der Waals surface area contributed by atoms with Crippen LogP contribution >= 0.6 is 11.3 Å². The Morgan fingerprint density at radius 2 is 1.85 bits per heavy atom. The molecule has 1 saturated heterocycles. The fraction of sp³-hybridized carbons (Fsp3) is 0.241. The second kappa shape index (κ2) is 12.1. The molecule has 0 atom stereocenters. The van der Waals surface area contributed by atoms with Crippen LogP contribution < -0.4 is 10.6 Å². The van der Waals surface area contributed by atoms with Crippen molar-refractivity contribution >= 4 is 34.7 Å². The van der Waals surface area contributed by atoms with Crippen LogP contribution in [0.15, 0.2) is 59.7 Å². The molecule has 2 aromatic heterocycles. The van der Waals surface area contributed by atoms with Gasteiger partial charge in [0.2, 0.25) is 5.95 Å². The smallest absolute Gasteiger partial charge is 0.255 e. The number of nitrogens with zero attached hydrogens (tertiary/aromatic N) is 5. The number of aromatic nitrogens is 3. The number of hydrogen-bond donors (Lipinski definition) is 2. The number of amides is 1. The number of aryl methyl sites for hydroxylation is 1. The maximum Gasteiger partial charge on any atom is 0.255 e. The highest BCUT2D eigenvalue weighted by Crippen LogP contribution is 2.19. The molecule has 8 nitrogen and oxygen atoms in total. The van der Waals surface area contributed by atoms with E-state index in [-0.39, 0.29) is 11.7 Å². The molecule has 2 N–H and O–H groups in total. The van der Waals surface area contributed by atoms with Crippen LogP contribution in [0.4, 0.5) is 21.8 Å². The summed E-state index contributed by atoms with van der Waals surface area (Å²) in [6.07, 6.45) is 3.26. The van der Waals surface area contributed by atoms with E-state index in [1.807, 2.05) is 18.4 Å². The molecule has 0 aliphatic carbocycles. The molecule has 2 aromatic carbocycles. The van der Waals surface area contributed by atoms with Crippen LogP contribution in [0.2, 0.25) is 0 Å². The Morgan fingerprint density at radius 3 is 2.56 bits per heavy atom. The van der Waals surface area contributed by atoms with Gasteiger partial charge in [0.15, 0.2) is 0 Å². The molecule has 1 aliphatic rings. The minimum Gasteiger partial charge on any atom is -0.322 e. The zero-order valence-corrected chi connectivity index (χ0v) is 22.6. The highest BCUT2D eigenvalue weighted by molar-refractivity contribution is 7.07. The van der Waals surface area contributed by atoms with Crippen LogP contribution in [0.3, 0.4) is 0 Å². The lowest BCUT2D eigenvalue weighted by molar-refractivity contribution is 0.102. The molecule has 0 radical (unpaired) electrons. The number of rotatable bonds is 6. The minimum atomic E-state index is -0.329. The molecular formula is C29H28FN7OS. The van der Waals surface area contributed by atoms with E-state index < -0.39 is 0 Å². The van der Waals surface area contributed by atoms with E-state index in [1.165, 1.54) is 17.4 Å². The first-order chi connectivity index (χ1) is 18.9. The first-order valence-electron chi connectivity index (χ1n) is 12.5. The first kappa shape index (κ1) is 26.4. The molecule has 4 aromatic rings. The van der Waals surface area contributed by atoms with Crippen molar-refractivity contribution in [1.29, 1.82) is 0 Å². The predicted molar refractivity (Wildman–Crippen MR) is 152 cm³/mol. The summed E-state index contributed by atoms with van der Waals surface area (Å²) in [4.78, 5) is 30.1. The van der Waals surface area contributed by atoms with Gasteiger partial charge in [-0.1, -0.05) is 24.0 Å². The van der Waals surface area contributed by atoms with Crippen molar-refractivity contribution in [3.05, 3.63) is 93.3 Å². The van der Waals surface area contributed by atoms with Gasteiger partial charge in [0, 0.05) is 72.9 Å². The van der Waals surface area contributed by atoms with Crippen molar-refractivity contribution in [1.82, 2.24) is 24.8 Å². The fourth-order valence-corrected chi connectivity index (χ4v) is 4.57. The maximum absolute atomic E-state index is 14.8. The number of carbonyl (C=O) groups excluding carboxylic acids is 1. The van der Waals surface area contributed by atoms with Gasteiger partial charge in [0.05, 0.1) is 11.1 Å². The molecule has 0 saturated carbocycles. The molecule has 1 amide bonds. The van der Waals surface area contributed by atoms with Gasteiger partial charge in [-0.3, -0.25) is 9.69 Å². The summed E-state index contributed by atoms with van der Waals surface area (Å²) in [7, 11) is 2.09. The third-order valence-corrected chi connectivity index (χ3v) is 7.05. The predicted octanol–water partition coefficient (Wildman–Crippen LogP) is 4.52. The van der Waals surface area contributed by atoms with Crippen molar-refractivity contribution in [3.63, 3.8) is 0 Å². The van der Waals surface area contributed by atoms with Crippen LogP contribution in [0.25, 0.3) is 0 Å². The number of carbonyl (C=O) groups is 1. The minimum absolute atomic E-state index is 0.322. The van der Waals surface area contributed by atoms with E-state index >= 15 is 0 Å². The molecule has 198 valence electrons. The van der Waals surface area contributed by atoms with Gasteiger partial charge < -0.3 is 15.5 Å². The summed E-state index contributed by atoms with van der Waals surface area (Å²) in [6, 6.07) is 10.2. The summed E-state index contributed by atoms with van der Waals surface area (Å²) < 4.78 is 14.8. The van der Waals surface area contributed by atoms with Crippen LogP contribution in [-0.2, 0) is 6.54 Å². The number of anilines is 3. The zero-order chi connectivity index (χ0) is 27.2. The number of piperazine rings is 1. The molecule has 0 bridgehead atoms. The van der Waals surface area contributed by atoms with Crippen molar-refractivity contribution in [3.8, 4) is 11.8 Å². The van der Waals surface area contributed by atoms with Gasteiger partial charge >= 0.3 is 0 Å². The summed E-state index contributed by atoms with van der Waals surface area (Å²) in [6.45, 7) is 6.27. The van der Waals surface area contributed by atoms with E-state index in [4.69, 9.17) is 0 Å². The normalized spacial score (nSPS) is 13.9. The second-order valence-electron chi connectivity index (χ2n) is 9.41. The Kier molecular flexibility index (Phi) is 8.22. The van der Waals surface area contributed by atoms with Crippen molar-refractivity contribution < 1.29 is 9.18 Å². The molecule has 39 heavy (non-hydrogen) atoms. The lowest BCUT2D eigenvalue weighted by Crippen LogP contribution is -2.44. The Bertz CT molecular complexity index is 1510. The van der Waals surface area contributed by atoms with Crippen LogP contribution in [0, 0.1) is 24.6 Å². The molecule has 0 unspecified atom stereocenters. The largest absolute Gasteiger partial charge is 0.322 e. The number of thiazole rings is 1. The van der Waals surface area contributed by atoms with Gasteiger partial charge in [0.25, 0.3) is 5.91 Å². The average molecular weight is 542 g/mol. The van der Waals surface area contributed by atoms with Gasteiger partial charge in [-0.15, -0.1) is 11.3 Å². The first-order valence-corrected chi connectivity index (χ1v) is 13.5. The molecule has 10 heteroatoms. The highest BCUT2D eigenvalue weighted by atomic mass is 32.1. The van der Waals surface area contributed by atoms with Crippen molar-refractivity contribution in [2.75, 3.05) is 43.9 Å². The molecule has 3 heterocycles. The third-order valence-electron chi connectivity index (χ3n) is 6.47. The molecule has 0 spiro atoms. The zero-order valence-electron chi connectivity index (χ0n) is 21.7. The standard InChI is InChI=1S/C29H28FN7OS/c1-20-3-5-23(13-22(20)6-4-21-15-31-29(32-16-21)35-27-18-39-19-33-27)28(38)34-25-8-7-24(26(30)14-25)17-37-11-9-36(2)10-12-37/h3,5,7-8,13-16,18-19H,9-12,17H2,1-2H3,(H,34,38)(H,31,32,35). The monoisotopic (exact) mass is 541 g/mol. The van der Waals surface area contributed by atoms with E-state index in [1.54, 1.807) is 42.2 Å². The van der Waals surface area contributed by atoms with Crippen LogP contribution in [0.1, 0.15) is 32.6 Å². The van der Waals surface area contributed by atoms with Gasteiger partial charge in [-0.2, -0.15) is 0 Å². The number of benzene rings is 2. The maximum atomic E-state index is 14.8. The topological polar surface area (TPSA) is 86.3 Å².